The van der Waals surface area contributed by atoms with E-state index >= 15 is 0 Å². The molecule has 12 heteroatoms. The monoisotopic (exact) mass is 1060 g/mol. The molecule has 1 heterocycles. The molecule has 1 rings (SSSR count). The normalized spacial score (nSPS) is 18.3. The number of hydrogen-bond acceptors (Lipinski definition) is 11. The van der Waals surface area contributed by atoms with E-state index in [1.165, 1.54) is 122 Å². The second-order valence-corrected chi connectivity index (χ2v) is 21.3. The highest BCUT2D eigenvalue weighted by molar-refractivity contribution is 5.74. The highest BCUT2D eigenvalue weighted by atomic mass is 16.7. The van der Waals surface area contributed by atoms with Crippen LogP contribution in [-0.4, -0.2) is 89.2 Å². The number of hydrogen-bond donors (Lipinski definition) is 3. The number of ether oxygens (including phenoxy) is 5. The van der Waals surface area contributed by atoms with Crippen LogP contribution in [0.5, 0.6) is 0 Å². The number of aliphatic carboxylic acids is 1. The van der Waals surface area contributed by atoms with Gasteiger partial charge in [0.15, 0.2) is 24.6 Å². The predicted molar refractivity (Wildman–Crippen MR) is 303 cm³/mol. The fourth-order valence-corrected chi connectivity index (χ4v) is 9.39. The van der Waals surface area contributed by atoms with Crippen molar-refractivity contribution < 1.29 is 58.2 Å². The average molecular weight is 1060 g/mol. The molecule has 0 saturated carbocycles. The van der Waals surface area contributed by atoms with Crippen LogP contribution >= 0.6 is 0 Å². The number of aliphatic hydroxyl groups excluding tert-OH is 2. The summed E-state index contributed by atoms with van der Waals surface area (Å²) in [5, 5.41) is 31.5. The second-order valence-electron chi connectivity index (χ2n) is 21.3. The van der Waals surface area contributed by atoms with Gasteiger partial charge in [-0.05, 0) is 77.0 Å². The number of carboxylic acid groups (broad SMARTS) is 1. The number of carboxylic acids is 1. The minimum absolute atomic E-state index is 0.0634. The van der Waals surface area contributed by atoms with Crippen molar-refractivity contribution in [1.29, 1.82) is 0 Å². The lowest BCUT2D eigenvalue weighted by Crippen LogP contribution is -2.61. The van der Waals surface area contributed by atoms with Gasteiger partial charge < -0.3 is 39.0 Å². The standard InChI is InChI=1S/C63H112O12/c1-4-7-10-13-16-19-22-25-28-31-34-37-40-43-46-49-55(64)71-52-54(73-56(65)50-47-44-41-38-35-32-29-26-23-20-17-14-11-8-5-2)53-72-63-61(59(68)58(67)60(75-63)62(69)70)74-57(66)51-48-45-42-39-36-33-30-27-24-21-18-15-12-9-6-3/h16,19,25-26,28-29,54,58-61,63,67-68H,4-15,17-18,20-24,27,30-53H2,1-3H3,(H,69,70)/b19-16-,28-25-,29-26-. The van der Waals surface area contributed by atoms with Gasteiger partial charge in [0, 0.05) is 19.3 Å². The van der Waals surface area contributed by atoms with Gasteiger partial charge in [-0.3, -0.25) is 14.4 Å². The molecule has 1 aliphatic rings. The molecule has 6 unspecified atom stereocenters. The maximum absolute atomic E-state index is 13.2. The molecule has 436 valence electrons. The summed E-state index contributed by atoms with van der Waals surface area (Å²) in [5.41, 5.74) is 0. The van der Waals surface area contributed by atoms with Crippen LogP contribution in [0.15, 0.2) is 36.5 Å². The molecular formula is C63H112O12. The van der Waals surface area contributed by atoms with E-state index < -0.39 is 67.3 Å². The summed E-state index contributed by atoms with van der Waals surface area (Å²) in [7, 11) is 0. The number of esters is 3. The fraction of sp³-hybridized carbons (Fsp3) is 0.841. The van der Waals surface area contributed by atoms with E-state index in [0.29, 0.717) is 19.3 Å². The Morgan fingerprint density at radius 3 is 1.24 bits per heavy atom. The maximum atomic E-state index is 13.2. The summed E-state index contributed by atoms with van der Waals surface area (Å²) >= 11 is 0. The summed E-state index contributed by atoms with van der Waals surface area (Å²) in [6.07, 6.45) is 48.2. The molecule has 12 nitrogen and oxygen atoms in total. The Kier molecular flexibility index (Phi) is 48.2. The highest BCUT2D eigenvalue weighted by Gasteiger charge is 2.50. The van der Waals surface area contributed by atoms with Crippen molar-refractivity contribution in [2.45, 2.75) is 327 Å². The number of allylic oxidation sites excluding steroid dienone is 6. The largest absolute Gasteiger partial charge is 0.479 e. The molecular weight excluding hydrogens is 949 g/mol. The summed E-state index contributed by atoms with van der Waals surface area (Å²) < 4.78 is 28.5. The van der Waals surface area contributed by atoms with Gasteiger partial charge >= 0.3 is 23.9 Å². The lowest BCUT2D eigenvalue weighted by molar-refractivity contribution is -0.301. The molecule has 0 aromatic heterocycles. The zero-order valence-corrected chi connectivity index (χ0v) is 48.1. The first-order chi connectivity index (χ1) is 36.6. The molecule has 0 radical (unpaired) electrons. The van der Waals surface area contributed by atoms with E-state index in [0.717, 1.165) is 109 Å². The quantitative estimate of drug-likeness (QED) is 0.0228. The lowest BCUT2D eigenvalue weighted by Gasteiger charge is -2.40. The third-order valence-electron chi connectivity index (χ3n) is 14.2. The number of rotatable bonds is 53. The Labute approximate surface area is 457 Å². The van der Waals surface area contributed by atoms with Crippen LogP contribution in [0.3, 0.4) is 0 Å². The SMILES string of the molecule is CCCCC/C=C\C/C=C\CCCCCCCC(=O)OCC(COC1OC(C(=O)O)C(O)C(O)C1OC(=O)CCCCCCCCCCCCCCCCC)OC(=O)CCCCCCC/C=C\CCCCCCCC. The number of unbranched alkanes of at least 4 members (excludes halogenated alkanes) is 33. The van der Waals surface area contributed by atoms with E-state index in [-0.39, 0.29) is 25.9 Å². The van der Waals surface area contributed by atoms with Gasteiger partial charge in [0.1, 0.15) is 18.8 Å². The van der Waals surface area contributed by atoms with Gasteiger partial charge in [0.2, 0.25) is 0 Å². The third kappa shape index (κ3) is 41.7. The fourth-order valence-electron chi connectivity index (χ4n) is 9.39. The molecule has 0 aromatic rings. The van der Waals surface area contributed by atoms with E-state index in [4.69, 9.17) is 23.7 Å². The minimum atomic E-state index is -1.90. The number of aliphatic hydroxyl groups is 2. The molecule has 0 bridgehead atoms. The number of carbonyl (C=O) groups is 4. The van der Waals surface area contributed by atoms with Gasteiger partial charge in [-0.15, -0.1) is 0 Å². The Morgan fingerprint density at radius 2 is 0.800 bits per heavy atom. The van der Waals surface area contributed by atoms with Crippen LogP contribution < -0.4 is 0 Å². The Bertz CT molecular complexity index is 1450. The zero-order chi connectivity index (χ0) is 54.7. The van der Waals surface area contributed by atoms with Crippen molar-refractivity contribution in [3.63, 3.8) is 0 Å². The van der Waals surface area contributed by atoms with E-state index in [1.807, 2.05) is 0 Å². The maximum Gasteiger partial charge on any atom is 0.335 e. The van der Waals surface area contributed by atoms with Crippen LogP contribution in [0.25, 0.3) is 0 Å². The van der Waals surface area contributed by atoms with Gasteiger partial charge in [0.05, 0.1) is 6.61 Å². The smallest absolute Gasteiger partial charge is 0.335 e. The van der Waals surface area contributed by atoms with Crippen LogP contribution in [0, 0.1) is 0 Å². The first kappa shape index (κ1) is 70.0. The molecule has 6 atom stereocenters. The lowest BCUT2D eigenvalue weighted by atomic mass is 9.98. The van der Waals surface area contributed by atoms with Gasteiger partial charge in [-0.1, -0.05) is 231 Å². The van der Waals surface area contributed by atoms with E-state index in [2.05, 4.69) is 57.2 Å². The molecule has 75 heavy (non-hydrogen) atoms. The topological polar surface area (TPSA) is 175 Å². The average Bonchev–Trinajstić information content (AvgIpc) is 3.39. The van der Waals surface area contributed by atoms with Crippen molar-refractivity contribution >= 4 is 23.9 Å². The van der Waals surface area contributed by atoms with Crippen molar-refractivity contribution in [1.82, 2.24) is 0 Å². The molecule has 0 aromatic carbocycles. The van der Waals surface area contributed by atoms with Crippen LogP contribution in [0.1, 0.15) is 290 Å². The Balaban J connectivity index is 2.69. The predicted octanol–water partition coefficient (Wildman–Crippen LogP) is 16.0. The van der Waals surface area contributed by atoms with Crippen LogP contribution in [0.2, 0.25) is 0 Å². The van der Waals surface area contributed by atoms with E-state index in [1.54, 1.807) is 0 Å². The molecule has 0 spiro atoms. The Morgan fingerprint density at radius 1 is 0.440 bits per heavy atom. The van der Waals surface area contributed by atoms with Gasteiger partial charge in [-0.2, -0.15) is 0 Å². The highest BCUT2D eigenvalue weighted by Crippen LogP contribution is 2.27. The first-order valence-corrected chi connectivity index (χ1v) is 31.0. The molecule has 0 aliphatic carbocycles. The van der Waals surface area contributed by atoms with Gasteiger partial charge in [-0.25, -0.2) is 4.79 Å². The van der Waals surface area contributed by atoms with Crippen LogP contribution in [0.4, 0.5) is 0 Å². The minimum Gasteiger partial charge on any atom is -0.479 e. The molecule has 3 N–H and O–H groups in total. The summed E-state index contributed by atoms with van der Waals surface area (Å²) in [6.45, 7) is 5.97. The van der Waals surface area contributed by atoms with Crippen molar-refractivity contribution in [3.8, 4) is 0 Å². The molecule has 1 saturated heterocycles. The summed E-state index contributed by atoms with van der Waals surface area (Å²) in [6, 6.07) is 0. The summed E-state index contributed by atoms with van der Waals surface area (Å²) in [4.78, 5) is 51.2. The molecule has 1 aliphatic heterocycles. The van der Waals surface area contributed by atoms with Gasteiger partial charge in [0.25, 0.3) is 0 Å². The molecule has 1 fully saturated rings. The first-order valence-electron chi connectivity index (χ1n) is 31.0. The molecule has 0 amide bonds. The van der Waals surface area contributed by atoms with Crippen molar-refractivity contribution in [2.24, 2.45) is 0 Å². The second kappa shape index (κ2) is 51.7. The Hall–Kier alpha value is -3.06. The third-order valence-corrected chi connectivity index (χ3v) is 14.2. The number of carbonyl (C=O) groups excluding carboxylic acids is 3. The zero-order valence-electron chi connectivity index (χ0n) is 48.1. The summed E-state index contributed by atoms with van der Waals surface area (Å²) in [5.74, 6) is -3.12. The van der Waals surface area contributed by atoms with Crippen molar-refractivity contribution in [2.75, 3.05) is 13.2 Å². The van der Waals surface area contributed by atoms with Crippen molar-refractivity contribution in [3.05, 3.63) is 36.5 Å². The van der Waals surface area contributed by atoms with E-state index in [9.17, 15) is 34.5 Å². The van der Waals surface area contributed by atoms with Crippen LogP contribution in [-0.2, 0) is 42.9 Å².